The molecule has 1 unspecified atom stereocenters. The van der Waals surface area contributed by atoms with Crippen molar-refractivity contribution in [3.8, 4) is 0 Å². The Morgan fingerprint density at radius 2 is 2.21 bits per heavy atom. The molecule has 6 nitrogen and oxygen atoms in total. The lowest BCUT2D eigenvalue weighted by Crippen LogP contribution is -2.40. The number of nitrogens with zero attached hydrogens (tertiary/aromatic N) is 1. The van der Waals surface area contributed by atoms with E-state index in [1.54, 1.807) is 25.1 Å². The maximum absolute atomic E-state index is 12.8. The molecule has 0 bridgehead atoms. The summed E-state index contributed by atoms with van der Waals surface area (Å²) in [5.74, 6) is -1.03. The van der Waals surface area contributed by atoms with Gasteiger partial charge in [-0.3, -0.25) is 9.59 Å². The van der Waals surface area contributed by atoms with E-state index in [4.69, 9.17) is 20.8 Å². The number of halogens is 1. The normalized spacial score (nSPS) is 20.7. The summed E-state index contributed by atoms with van der Waals surface area (Å²) in [6.07, 6.45) is 0.354. The van der Waals surface area contributed by atoms with E-state index in [0.29, 0.717) is 29.1 Å². The number of carboxylic acid groups (broad SMARTS) is 1. The number of furan rings is 1. The highest BCUT2D eigenvalue weighted by molar-refractivity contribution is 6.31. The van der Waals surface area contributed by atoms with Crippen molar-refractivity contribution in [1.82, 2.24) is 4.90 Å². The molecule has 2 heterocycles. The van der Waals surface area contributed by atoms with E-state index in [0.717, 1.165) is 5.39 Å². The predicted octanol–water partition coefficient (Wildman–Crippen LogP) is 2.96. The molecule has 1 aliphatic rings. The number of likely N-dealkylation sites (tertiary alicyclic amines) is 1. The maximum atomic E-state index is 12.8. The number of fused-ring (bicyclic) bond motifs is 1. The van der Waals surface area contributed by atoms with Crippen molar-refractivity contribution < 1.29 is 23.8 Å². The number of aliphatic carboxylic acids is 1. The minimum Gasteiger partial charge on any atom is -0.481 e. The fourth-order valence-electron chi connectivity index (χ4n) is 3.22. The molecular formula is C17H18ClNO5. The third kappa shape index (κ3) is 2.65. The van der Waals surface area contributed by atoms with Gasteiger partial charge in [0.2, 0.25) is 0 Å². The average molecular weight is 352 g/mol. The molecule has 2 aromatic rings. The van der Waals surface area contributed by atoms with Gasteiger partial charge in [-0.05, 0) is 31.5 Å². The molecule has 0 radical (unpaired) electrons. The van der Waals surface area contributed by atoms with Gasteiger partial charge < -0.3 is 19.2 Å². The Hall–Kier alpha value is -2.05. The van der Waals surface area contributed by atoms with Crippen LogP contribution in [-0.4, -0.2) is 48.7 Å². The Kier molecular flexibility index (Phi) is 4.27. The zero-order valence-electron chi connectivity index (χ0n) is 13.5. The molecule has 7 heteroatoms. The molecule has 128 valence electrons. The van der Waals surface area contributed by atoms with Crippen LogP contribution in [-0.2, 0) is 9.53 Å². The van der Waals surface area contributed by atoms with E-state index < -0.39 is 11.4 Å². The summed E-state index contributed by atoms with van der Waals surface area (Å²) in [6, 6.07) is 5.17. The number of benzene rings is 1. The number of carbonyl (C=O) groups excluding carboxylic acids is 1. The molecular weight excluding hydrogens is 334 g/mol. The third-order valence-corrected chi connectivity index (χ3v) is 4.84. The number of aryl methyl sites for hydroxylation is 1. The lowest BCUT2D eigenvalue weighted by atomic mass is 9.88. The van der Waals surface area contributed by atoms with Gasteiger partial charge in [0.05, 0.1) is 6.61 Å². The highest BCUT2D eigenvalue weighted by Gasteiger charge is 2.47. The van der Waals surface area contributed by atoms with Crippen LogP contribution >= 0.6 is 11.6 Å². The van der Waals surface area contributed by atoms with Crippen molar-refractivity contribution in [2.75, 3.05) is 26.8 Å². The summed E-state index contributed by atoms with van der Waals surface area (Å²) in [7, 11) is 1.46. The van der Waals surface area contributed by atoms with E-state index in [1.807, 2.05) is 0 Å². The topological polar surface area (TPSA) is 80.0 Å². The zero-order chi connectivity index (χ0) is 17.5. The molecule has 1 aliphatic heterocycles. The largest absolute Gasteiger partial charge is 0.481 e. The highest BCUT2D eigenvalue weighted by atomic mass is 35.5. The molecule has 1 aromatic heterocycles. The summed E-state index contributed by atoms with van der Waals surface area (Å²) in [4.78, 5) is 25.9. The second-order valence-corrected chi connectivity index (χ2v) is 6.63. The number of methoxy groups -OCH3 is 1. The van der Waals surface area contributed by atoms with Gasteiger partial charge in [0.1, 0.15) is 11.0 Å². The quantitative estimate of drug-likeness (QED) is 0.916. The number of ether oxygens (including phenoxy) is 1. The van der Waals surface area contributed by atoms with Crippen LogP contribution < -0.4 is 0 Å². The zero-order valence-corrected chi connectivity index (χ0v) is 14.2. The summed E-state index contributed by atoms with van der Waals surface area (Å²) >= 11 is 6.00. The standard InChI is InChI=1S/C17H18ClNO5/c1-10-12-7-11(18)3-4-13(12)24-14(10)15(20)19-6-5-17(8-19,9-23-2)16(21)22/h3-4,7H,5-6,8-9H2,1-2H3,(H,21,22). The van der Waals surface area contributed by atoms with Crippen LogP contribution in [0.1, 0.15) is 22.5 Å². The van der Waals surface area contributed by atoms with Crippen LogP contribution in [0.25, 0.3) is 11.0 Å². The predicted molar refractivity (Wildman–Crippen MR) is 88.4 cm³/mol. The van der Waals surface area contributed by atoms with Crippen molar-refractivity contribution in [2.45, 2.75) is 13.3 Å². The van der Waals surface area contributed by atoms with Crippen LogP contribution in [0.2, 0.25) is 5.02 Å². The second kappa shape index (κ2) is 6.11. The SMILES string of the molecule is COCC1(C(=O)O)CCN(C(=O)c2oc3ccc(Cl)cc3c2C)C1. The number of hydrogen-bond acceptors (Lipinski definition) is 4. The molecule has 0 aliphatic carbocycles. The van der Waals surface area contributed by atoms with E-state index in [1.165, 1.54) is 12.0 Å². The maximum Gasteiger partial charge on any atom is 0.313 e. The lowest BCUT2D eigenvalue weighted by molar-refractivity contribution is -0.151. The second-order valence-electron chi connectivity index (χ2n) is 6.19. The van der Waals surface area contributed by atoms with Gasteiger partial charge in [-0.15, -0.1) is 0 Å². The lowest BCUT2D eigenvalue weighted by Gasteiger charge is -2.23. The van der Waals surface area contributed by atoms with Crippen LogP contribution in [0.3, 0.4) is 0 Å². The number of amides is 1. The summed E-state index contributed by atoms with van der Waals surface area (Å²) < 4.78 is 10.7. The molecule has 0 spiro atoms. The van der Waals surface area contributed by atoms with Crippen molar-refractivity contribution in [3.63, 3.8) is 0 Å². The van der Waals surface area contributed by atoms with Crippen molar-refractivity contribution in [3.05, 3.63) is 34.5 Å². The molecule has 1 saturated heterocycles. The molecule has 1 atom stereocenters. The van der Waals surface area contributed by atoms with Gasteiger partial charge in [-0.2, -0.15) is 0 Å². The minimum atomic E-state index is -1.06. The fraction of sp³-hybridized carbons (Fsp3) is 0.412. The first-order valence-electron chi connectivity index (χ1n) is 7.58. The minimum absolute atomic E-state index is 0.0703. The molecule has 1 amide bonds. The number of rotatable bonds is 4. The van der Waals surface area contributed by atoms with Gasteiger partial charge in [0.25, 0.3) is 5.91 Å². The van der Waals surface area contributed by atoms with Crippen molar-refractivity contribution >= 4 is 34.4 Å². The van der Waals surface area contributed by atoms with Gasteiger partial charge in [-0.1, -0.05) is 11.6 Å². The third-order valence-electron chi connectivity index (χ3n) is 4.61. The highest BCUT2D eigenvalue weighted by Crippen LogP contribution is 2.34. The first kappa shape index (κ1) is 16.8. The van der Waals surface area contributed by atoms with Crippen molar-refractivity contribution in [1.29, 1.82) is 0 Å². The van der Waals surface area contributed by atoms with Crippen LogP contribution in [0.4, 0.5) is 0 Å². The van der Waals surface area contributed by atoms with Crippen LogP contribution in [0.15, 0.2) is 22.6 Å². The van der Waals surface area contributed by atoms with E-state index in [-0.39, 0.29) is 24.8 Å². The molecule has 3 rings (SSSR count). The van der Waals surface area contributed by atoms with Gasteiger partial charge in [-0.25, -0.2) is 0 Å². The van der Waals surface area contributed by atoms with E-state index >= 15 is 0 Å². The average Bonchev–Trinajstić information content (AvgIpc) is 3.11. The summed E-state index contributed by atoms with van der Waals surface area (Å²) in [5, 5.41) is 10.9. The van der Waals surface area contributed by atoms with Crippen LogP contribution in [0.5, 0.6) is 0 Å². The number of carbonyl (C=O) groups is 2. The summed E-state index contributed by atoms with van der Waals surface area (Å²) in [6.45, 7) is 2.32. The first-order chi connectivity index (χ1) is 11.4. The van der Waals surface area contributed by atoms with Gasteiger partial charge in [0, 0.05) is 36.2 Å². The Labute approximate surface area is 143 Å². The monoisotopic (exact) mass is 351 g/mol. The first-order valence-corrected chi connectivity index (χ1v) is 7.96. The molecule has 0 saturated carbocycles. The van der Waals surface area contributed by atoms with Crippen molar-refractivity contribution in [2.24, 2.45) is 5.41 Å². The fourth-order valence-corrected chi connectivity index (χ4v) is 3.39. The number of hydrogen-bond donors (Lipinski definition) is 1. The molecule has 1 N–H and O–H groups in total. The molecule has 1 aromatic carbocycles. The van der Waals surface area contributed by atoms with Gasteiger partial charge >= 0.3 is 5.97 Å². The molecule has 1 fully saturated rings. The smallest absolute Gasteiger partial charge is 0.313 e. The molecule has 24 heavy (non-hydrogen) atoms. The number of carboxylic acids is 1. The summed E-state index contributed by atoms with van der Waals surface area (Å²) in [5.41, 5.74) is 0.228. The Morgan fingerprint density at radius 3 is 2.88 bits per heavy atom. The Morgan fingerprint density at radius 1 is 1.46 bits per heavy atom. The van der Waals surface area contributed by atoms with Gasteiger partial charge in [0.15, 0.2) is 5.76 Å². The van der Waals surface area contributed by atoms with Crippen LogP contribution in [0, 0.1) is 12.3 Å². The Bertz CT molecular complexity index is 815. The van der Waals surface area contributed by atoms with E-state index in [9.17, 15) is 14.7 Å². The van der Waals surface area contributed by atoms with E-state index in [2.05, 4.69) is 0 Å². The Balaban J connectivity index is 1.90.